The number of hydrogen-bond acceptors (Lipinski definition) is 5. The van der Waals surface area contributed by atoms with E-state index in [1.807, 2.05) is 17.8 Å². The molecule has 2 N–H and O–H groups in total. The SMILES string of the molecule is Cn1nccc1-c1c(N)nnn1C[C@H]1CCCO1. The Hall–Kier alpha value is -1.89. The van der Waals surface area contributed by atoms with Gasteiger partial charge in [-0.15, -0.1) is 5.10 Å². The Balaban J connectivity index is 1.93. The number of ether oxygens (including phenoxy) is 1. The Bertz CT molecular complexity index is 539. The second-order valence-electron chi connectivity index (χ2n) is 4.48. The Morgan fingerprint density at radius 1 is 1.56 bits per heavy atom. The molecule has 3 rings (SSSR count). The van der Waals surface area contributed by atoms with E-state index in [9.17, 15) is 0 Å². The highest BCUT2D eigenvalue weighted by Gasteiger charge is 2.21. The van der Waals surface area contributed by atoms with E-state index in [0.717, 1.165) is 30.8 Å². The second kappa shape index (κ2) is 4.41. The average molecular weight is 248 g/mol. The van der Waals surface area contributed by atoms with Crippen molar-refractivity contribution in [3.63, 3.8) is 0 Å². The number of nitrogens with two attached hydrogens (primary N) is 1. The molecule has 0 unspecified atom stereocenters. The van der Waals surface area contributed by atoms with Gasteiger partial charge in [-0.3, -0.25) is 4.68 Å². The highest BCUT2D eigenvalue weighted by Crippen LogP contribution is 2.24. The lowest BCUT2D eigenvalue weighted by Gasteiger charge is -2.11. The predicted octanol–water partition coefficient (Wildman–Crippen LogP) is 0.440. The van der Waals surface area contributed by atoms with Crippen LogP contribution in [0.3, 0.4) is 0 Å². The zero-order valence-electron chi connectivity index (χ0n) is 10.3. The van der Waals surface area contributed by atoms with Gasteiger partial charge in [-0.25, -0.2) is 4.68 Å². The molecule has 1 aliphatic rings. The summed E-state index contributed by atoms with van der Waals surface area (Å²) in [4.78, 5) is 0. The van der Waals surface area contributed by atoms with Gasteiger partial charge in [0.05, 0.1) is 18.3 Å². The molecular weight excluding hydrogens is 232 g/mol. The summed E-state index contributed by atoms with van der Waals surface area (Å²) in [5.74, 6) is 0.427. The molecular formula is C11H16N6O. The molecule has 0 bridgehead atoms. The maximum absolute atomic E-state index is 5.90. The van der Waals surface area contributed by atoms with Gasteiger partial charge in [-0.1, -0.05) is 5.21 Å². The third-order valence-corrected chi connectivity index (χ3v) is 3.23. The van der Waals surface area contributed by atoms with Crippen molar-refractivity contribution in [2.75, 3.05) is 12.3 Å². The van der Waals surface area contributed by atoms with Crippen molar-refractivity contribution in [1.29, 1.82) is 0 Å². The molecule has 1 aliphatic heterocycles. The predicted molar refractivity (Wildman–Crippen MR) is 65.6 cm³/mol. The van der Waals surface area contributed by atoms with E-state index in [1.54, 1.807) is 10.9 Å². The summed E-state index contributed by atoms with van der Waals surface area (Å²) in [5, 5.41) is 12.2. The normalized spacial score (nSPS) is 19.5. The van der Waals surface area contributed by atoms with Crippen molar-refractivity contribution >= 4 is 5.82 Å². The standard InChI is InChI=1S/C11H16N6O/c1-16-9(4-5-13-16)10-11(12)14-15-17(10)7-8-3-2-6-18-8/h4-5,8H,2-3,6-7,12H2,1H3/t8-/m1/s1. The summed E-state index contributed by atoms with van der Waals surface area (Å²) in [6, 6.07) is 1.90. The van der Waals surface area contributed by atoms with E-state index >= 15 is 0 Å². The summed E-state index contributed by atoms with van der Waals surface area (Å²) in [5.41, 5.74) is 7.62. The third-order valence-electron chi connectivity index (χ3n) is 3.23. The fraction of sp³-hybridized carbons (Fsp3) is 0.545. The van der Waals surface area contributed by atoms with Crippen molar-refractivity contribution in [1.82, 2.24) is 24.8 Å². The lowest BCUT2D eigenvalue weighted by atomic mass is 10.2. The van der Waals surface area contributed by atoms with Crippen LogP contribution in [0.2, 0.25) is 0 Å². The molecule has 2 aromatic rings. The van der Waals surface area contributed by atoms with E-state index in [2.05, 4.69) is 15.4 Å². The summed E-state index contributed by atoms with van der Waals surface area (Å²) < 4.78 is 9.19. The highest BCUT2D eigenvalue weighted by molar-refractivity contribution is 5.66. The zero-order valence-corrected chi connectivity index (χ0v) is 10.3. The van der Waals surface area contributed by atoms with Crippen molar-refractivity contribution in [2.24, 2.45) is 7.05 Å². The third kappa shape index (κ3) is 1.86. The molecule has 0 saturated carbocycles. The molecule has 18 heavy (non-hydrogen) atoms. The van der Waals surface area contributed by atoms with Crippen LogP contribution in [0.5, 0.6) is 0 Å². The van der Waals surface area contributed by atoms with E-state index in [1.165, 1.54) is 0 Å². The number of aromatic nitrogens is 5. The molecule has 1 saturated heterocycles. The smallest absolute Gasteiger partial charge is 0.175 e. The zero-order chi connectivity index (χ0) is 12.5. The second-order valence-corrected chi connectivity index (χ2v) is 4.48. The van der Waals surface area contributed by atoms with Crippen molar-refractivity contribution in [2.45, 2.75) is 25.5 Å². The molecule has 3 heterocycles. The van der Waals surface area contributed by atoms with Gasteiger partial charge in [0.25, 0.3) is 0 Å². The first-order chi connectivity index (χ1) is 8.75. The number of nitrogens with zero attached hydrogens (tertiary/aromatic N) is 5. The summed E-state index contributed by atoms with van der Waals surface area (Å²) in [7, 11) is 1.87. The summed E-state index contributed by atoms with van der Waals surface area (Å²) in [6.45, 7) is 1.51. The van der Waals surface area contributed by atoms with Crippen LogP contribution >= 0.6 is 0 Å². The molecule has 0 aromatic carbocycles. The highest BCUT2D eigenvalue weighted by atomic mass is 16.5. The molecule has 2 aromatic heterocycles. The maximum atomic E-state index is 5.90. The average Bonchev–Trinajstić information content (AvgIpc) is 3.04. The first-order valence-electron chi connectivity index (χ1n) is 6.04. The van der Waals surface area contributed by atoms with E-state index in [4.69, 9.17) is 10.5 Å². The molecule has 0 aliphatic carbocycles. The summed E-state index contributed by atoms with van der Waals surface area (Å²) >= 11 is 0. The lowest BCUT2D eigenvalue weighted by molar-refractivity contribution is 0.0939. The van der Waals surface area contributed by atoms with Crippen LogP contribution in [0, 0.1) is 0 Å². The van der Waals surface area contributed by atoms with Crippen LogP contribution in [-0.4, -0.2) is 37.5 Å². The summed E-state index contributed by atoms with van der Waals surface area (Å²) in [6.07, 6.45) is 4.11. The number of anilines is 1. The molecule has 0 amide bonds. The number of hydrogen-bond donors (Lipinski definition) is 1. The first-order valence-corrected chi connectivity index (χ1v) is 6.04. The van der Waals surface area contributed by atoms with Crippen LogP contribution in [0.1, 0.15) is 12.8 Å². The number of nitrogen functional groups attached to an aromatic ring is 1. The quantitative estimate of drug-likeness (QED) is 0.852. The van der Waals surface area contributed by atoms with Gasteiger partial charge < -0.3 is 10.5 Å². The van der Waals surface area contributed by atoms with Gasteiger partial charge in [-0.05, 0) is 18.9 Å². The number of rotatable bonds is 3. The topological polar surface area (TPSA) is 83.8 Å². The minimum absolute atomic E-state index is 0.207. The Morgan fingerprint density at radius 2 is 2.44 bits per heavy atom. The van der Waals surface area contributed by atoms with Gasteiger partial charge in [0.15, 0.2) is 5.82 Å². The van der Waals surface area contributed by atoms with E-state index < -0.39 is 0 Å². The maximum Gasteiger partial charge on any atom is 0.175 e. The molecule has 0 spiro atoms. The first kappa shape index (κ1) is 11.2. The molecule has 7 nitrogen and oxygen atoms in total. The minimum atomic E-state index is 0.207. The molecule has 1 fully saturated rings. The van der Waals surface area contributed by atoms with Gasteiger partial charge >= 0.3 is 0 Å². The molecule has 0 radical (unpaired) electrons. The van der Waals surface area contributed by atoms with Crippen LogP contribution in [0.25, 0.3) is 11.4 Å². The monoisotopic (exact) mass is 248 g/mol. The fourth-order valence-electron chi connectivity index (χ4n) is 2.31. The fourth-order valence-corrected chi connectivity index (χ4v) is 2.31. The van der Waals surface area contributed by atoms with Crippen molar-refractivity contribution in [3.05, 3.63) is 12.3 Å². The van der Waals surface area contributed by atoms with Crippen LogP contribution in [0.4, 0.5) is 5.82 Å². The van der Waals surface area contributed by atoms with Gasteiger partial charge in [0.2, 0.25) is 0 Å². The molecule has 96 valence electrons. The lowest BCUT2D eigenvalue weighted by Crippen LogP contribution is -2.17. The Morgan fingerprint density at radius 3 is 3.11 bits per heavy atom. The Labute approximate surface area is 105 Å². The van der Waals surface area contributed by atoms with Gasteiger partial charge in [-0.2, -0.15) is 5.10 Å². The van der Waals surface area contributed by atoms with E-state index in [-0.39, 0.29) is 6.10 Å². The van der Waals surface area contributed by atoms with Crippen molar-refractivity contribution < 1.29 is 4.74 Å². The molecule has 1 atom stereocenters. The van der Waals surface area contributed by atoms with Crippen LogP contribution in [0.15, 0.2) is 12.3 Å². The van der Waals surface area contributed by atoms with Gasteiger partial charge in [0.1, 0.15) is 5.69 Å². The van der Waals surface area contributed by atoms with Crippen LogP contribution < -0.4 is 5.73 Å². The Kier molecular flexibility index (Phi) is 2.75. The molecule has 7 heteroatoms. The minimum Gasteiger partial charge on any atom is -0.380 e. The van der Waals surface area contributed by atoms with Gasteiger partial charge in [0, 0.05) is 19.9 Å². The van der Waals surface area contributed by atoms with E-state index in [0.29, 0.717) is 12.4 Å². The largest absolute Gasteiger partial charge is 0.380 e. The number of aryl methyl sites for hydroxylation is 1. The van der Waals surface area contributed by atoms with Crippen molar-refractivity contribution in [3.8, 4) is 11.4 Å². The van der Waals surface area contributed by atoms with Crippen LogP contribution in [-0.2, 0) is 18.3 Å².